The molecular weight excluding hydrogens is 260 g/mol. The topological polar surface area (TPSA) is 65.4 Å². The predicted molar refractivity (Wildman–Crippen MR) is 82.6 cm³/mol. The summed E-state index contributed by atoms with van der Waals surface area (Å²) >= 11 is 0. The zero-order valence-corrected chi connectivity index (χ0v) is 11.2. The third-order valence-corrected chi connectivity index (χ3v) is 3.11. The Morgan fingerprint density at radius 3 is 1.95 bits per heavy atom. The summed E-state index contributed by atoms with van der Waals surface area (Å²) in [5.74, 6) is 0. The Hall–Kier alpha value is -3.19. The Kier molecular flexibility index (Phi) is 3.57. The molecule has 4 nitrogen and oxygen atoms in total. The summed E-state index contributed by atoms with van der Waals surface area (Å²) in [5.41, 5.74) is 2.83. The minimum Gasteiger partial charge on any atom is -0.355 e. The lowest BCUT2D eigenvalue weighted by atomic mass is 10.2. The summed E-state index contributed by atoms with van der Waals surface area (Å²) in [6, 6.07) is 20.2. The lowest BCUT2D eigenvalue weighted by molar-refractivity contribution is 1.14. The molecule has 0 aliphatic rings. The fourth-order valence-electron chi connectivity index (χ4n) is 2.16. The van der Waals surface area contributed by atoms with E-state index in [9.17, 15) is 0 Å². The first-order valence-electron chi connectivity index (χ1n) is 6.50. The van der Waals surface area contributed by atoms with Crippen molar-refractivity contribution in [1.29, 1.82) is 5.26 Å². The first-order chi connectivity index (χ1) is 10.4. The smallest absolute Gasteiger partial charge is 0.143 e. The lowest BCUT2D eigenvalue weighted by Crippen LogP contribution is -1.79. The van der Waals surface area contributed by atoms with E-state index in [1.165, 1.54) is 34.3 Å². The van der Waals surface area contributed by atoms with Gasteiger partial charge < -0.3 is 4.98 Å². The van der Waals surface area contributed by atoms with E-state index in [4.69, 9.17) is 5.26 Å². The second-order valence-electron chi connectivity index (χ2n) is 4.42. The number of para-hydroxylation sites is 2. The molecule has 4 heteroatoms. The number of nitrogens with one attached hydrogen (secondary N) is 1. The molecule has 4 rings (SSSR count). The number of rotatable bonds is 0. The van der Waals surface area contributed by atoms with Gasteiger partial charge in [0, 0.05) is 28.0 Å². The third-order valence-electron chi connectivity index (χ3n) is 3.11. The van der Waals surface area contributed by atoms with Crippen molar-refractivity contribution in [2.75, 3.05) is 0 Å². The number of benzene rings is 2. The number of aromatic amines is 1. The van der Waals surface area contributed by atoms with Crippen LogP contribution in [0.15, 0.2) is 67.1 Å². The van der Waals surface area contributed by atoms with Crippen LogP contribution in [0, 0.1) is 11.3 Å². The molecule has 1 N–H and O–H groups in total. The number of hydrogen-bond acceptors (Lipinski definition) is 3. The molecule has 0 saturated carbocycles. The van der Waals surface area contributed by atoms with E-state index in [-0.39, 0.29) is 0 Å². The molecule has 2 heterocycles. The van der Waals surface area contributed by atoms with Crippen molar-refractivity contribution < 1.29 is 0 Å². The molecule has 100 valence electrons. The second kappa shape index (κ2) is 5.85. The molecule has 2 aromatic carbocycles. The molecule has 0 aliphatic heterocycles. The monoisotopic (exact) mass is 272 g/mol. The molecular formula is C17H12N4. The van der Waals surface area contributed by atoms with Crippen LogP contribution >= 0.6 is 0 Å². The maximum absolute atomic E-state index is 8.20. The number of fused-ring (bicyclic) bond motifs is 3. The predicted octanol–water partition coefficient (Wildman–Crippen LogP) is 3.67. The van der Waals surface area contributed by atoms with E-state index in [1.54, 1.807) is 6.07 Å². The number of H-pyrrole nitrogens is 1. The van der Waals surface area contributed by atoms with Gasteiger partial charge in [0.15, 0.2) is 0 Å². The van der Waals surface area contributed by atoms with Crippen LogP contribution in [0.25, 0.3) is 21.8 Å². The minimum atomic E-state index is 0.403. The van der Waals surface area contributed by atoms with E-state index < -0.39 is 0 Å². The molecule has 4 aromatic rings. The highest BCUT2D eigenvalue weighted by Crippen LogP contribution is 2.24. The minimum absolute atomic E-state index is 0.403. The molecule has 0 spiro atoms. The Morgan fingerprint density at radius 1 is 0.857 bits per heavy atom. The lowest BCUT2D eigenvalue weighted by Gasteiger charge is -1.87. The van der Waals surface area contributed by atoms with Crippen molar-refractivity contribution in [2.24, 2.45) is 0 Å². The van der Waals surface area contributed by atoms with Gasteiger partial charge in [0.05, 0.1) is 0 Å². The molecule has 0 unspecified atom stereocenters. The van der Waals surface area contributed by atoms with E-state index in [2.05, 4.69) is 63.5 Å². The highest BCUT2D eigenvalue weighted by Gasteiger charge is 2.00. The van der Waals surface area contributed by atoms with Crippen molar-refractivity contribution in [1.82, 2.24) is 15.0 Å². The summed E-state index contributed by atoms with van der Waals surface area (Å²) in [5, 5.41) is 10.8. The quantitative estimate of drug-likeness (QED) is 0.531. The van der Waals surface area contributed by atoms with E-state index in [1.807, 2.05) is 6.07 Å². The number of hydrogen-bond donors (Lipinski definition) is 1. The van der Waals surface area contributed by atoms with Gasteiger partial charge in [-0.15, -0.1) is 0 Å². The van der Waals surface area contributed by atoms with Crippen LogP contribution in [0.3, 0.4) is 0 Å². The summed E-state index contributed by atoms with van der Waals surface area (Å²) < 4.78 is 0. The molecule has 2 aromatic heterocycles. The van der Waals surface area contributed by atoms with Crippen LogP contribution in [0.4, 0.5) is 0 Å². The second-order valence-corrected chi connectivity index (χ2v) is 4.42. The van der Waals surface area contributed by atoms with Crippen molar-refractivity contribution in [3.63, 3.8) is 0 Å². The SMILES string of the molecule is N#Cc1ccncn1.c1ccc2c(c1)[nH]c1ccccc12. The van der Waals surface area contributed by atoms with Gasteiger partial charge in [-0.05, 0) is 18.2 Å². The summed E-state index contributed by atoms with van der Waals surface area (Å²) in [7, 11) is 0. The van der Waals surface area contributed by atoms with Gasteiger partial charge >= 0.3 is 0 Å². The zero-order chi connectivity index (χ0) is 14.5. The third kappa shape index (κ3) is 2.72. The Labute approximate surface area is 121 Å². The van der Waals surface area contributed by atoms with E-state index in [0.717, 1.165) is 0 Å². The summed E-state index contributed by atoms with van der Waals surface area (Å²) in [6.07, 6.45) is 2.88. The highest BCUT2D eigenvalue weighted by atomic mass is 14.8. The fourth-order valence-corrected chi connectivity index (χ4v) is 2.16. The average molecular weight is 272 g/mol. The van der Waals surface area contributed by atoms with Gasteiger partial charge in [0.25, 0.3) is 0 Å². The first-order valence-corrected chi connectivity index (χ1v) is 6.50. The van der Waals surface area contributed by atoms with Crippen molar-refractivity contribution >= 4 is 21.8 Å². The van der Waals surface area contributed by atoms with E-state index in [0.29, 0.717) is 5.69 Å². The molecule has 0 radical (unpaired) electrons. The van der Waals surface area contributed by atoms with Crippen LogP contribution in [0.1, 0.15) is 5.69 Å². The van der Waals surface area contributed by atoms with Crippen molar-refractivity contribution in [3.05, 3.63) is 72.8 Å². The molecule has 0 amide bonds. The van der Waals surface area contributed by atoms with Crippen LogP contribution in [0.2, 0.25) is 0 Å². The van der Waals surface area contributed by atoms with Crippen LogP contribution < -0.4 is 0 Å². The maximum atomic E-state index is 8.20. The van der Waals surface area contributed by atoms with Gasteiger partial charge in [-0.25, -0.2) is 9.97 Å². The first kappa shape index (κ1) is 12.8. The van der Waals surface area contributed by atoms with Crippen LogP contribution in [-0.2, 0) is 0 Å². The Balaban J connectivity index is 0.000000143. The molecule has 0 fully saturated rings. The normalized spacial score (nSPS) is 9.86. The largest absolute Gasteiger partial charge is 0.355 e. The molecule has 0 aliphatic carbocycles. The highest BCUT2D eigenvalue weighted by molar-refractivity contribution is 6.06. The number of nitrogens with zero attached hydrogens (tertiary/aromatic N) is 3. The van der Waals surface area contributed by atoms with Gasteiger partial charge in [0.2, 0.25) is 0 Å². The van der Waals surface area contributed by atoms with Gasteiger partial charge in [-0.1, -0.05) is 36.4 Å². The van der Waals surface area contributed by atoms with Gasteiger partial charge in [-0.3, -0.25) is 0 Å². The van der Waals surface area contributed by atoms with Crippen molar-refractivity contribution in [2.45, 2.75) is 0 Å². The van der Waals surface area contributed by atoms with Crippen LogP contribution in [0.5, 0.6) is 0 Å². The standard InChI is InChI=1S/C12H9N.C5H3N3/c1-3-7-11-9(5-1)10-6-2-4-8-12(10)13-11;6-3-5-1-2-7-4-8-5/h1-8,13H;1-2,4H. The summed E-state index contributed by atoms with van der Waals surface area (Å²) in [4.78, 5) is 10.6. The van der Waals surface area contributed by atoms with Crippen molar-refractivity contribution in [3.8, 4) is 6.07 Å². The van der Waals surface area contributed by atoms with Gasteiger partial charge in [-0.2, -0.15) is 5.26 Å². The average Bonchev–Trinajstić information content (AvgIpc) is 2.95. The number of aromatic nitrogens is 3. The molecule has 0 atom stereocenters. The Bertz CT molecular complexity index is 854. The molecule has 0 bridgehead atoms. The number of nitriles is 1. The molecule has 21 heavy (non-hydrogen) atoms. The van der Waals surface area contributed by atoms with E-state index >= 15 is 0 Å². The maximum Gasteiger partial charge on any atom is 0.143 e. The zero-order valence-electron chi connectivity index (χ0n) is 11.2. The Morgan fingerprint density at radius 2 is 1.48 bits per heavy atom. The molecule has 0 saturated heterocycles. The fraction of sp³-hybridized carbons (Fsp3) is 0. The summed E-state index contributed by atoms with van der Waals surface area (Å²) in [6.45, 7) is 0. The van der Waals surface area contributed by atoms with Gasteiger partial charge in [0.1, 0.15) is 18.1 Å². The van der Waals surface area contributed by atoms with Crippen LogP contribution in [-0.4, -0.2) is 15.0 Å².